The van der Waals surface area contributed by atoms with Crippen LogP contribution in [0.15, 0.2) is 72.4 Å². The Morgan fingerprint density at radius 2 is 1.69 bits per heavy atom. The molecule has 0 unspecified atom stereocenters. The summed E-state index contributed by atoms with van der Waals surface area (Å²) >= 11 is 1.74. The Morgan fingerprint density at radius 1 is 1.00 bits per heavy atom. The maximum atomic E-state index is 8.72. The first kappa shape index (κ1) is 28.1. The van der Waals surface area contributed by atoms with Crippen LogP contribution in [-0.4, -0.2) is 45.3 Å². The predicted molar refractivity (Wildman–Crippen MR) is 155 cm³/mol. The fourth-order valence-corrected chi connectivity index (χ4v) is 5.00. The fourth-order valence-electron chi connectivity index (χ4n) is 4.07. The molecule has 0 aliphatic carbocycles. The van der Waals surface area contributed by atoms with Crippen molar-refractivity contribution in [1.29, 1.82) is 0 Å². The van der Waals surface area contributed by atoms with Crippen LogP contribution < -0.4 is 20.5 Å². The number of aryl methyl sites for hydroxylation is 2. The Labute approximate surface area is 233 Å². The lowest BCUT2D eigenvalue weighted by molar-refractivity contribution is 0.279. The van der Waals surface area contributed by atoms with E-state index in [4.69, 9.17) is 25.4 Å². The SMILES string of the molecule is Cc1nc(-c2ccc(OCCCCCOc3ccc(/C(N)=N\O)cc3)cc2)c(CNCCCn2ccnc2)s1. The average molecular weight is 549 g/mol. The zero-order chi connectivity index (χ0) is 27.3. The van der Waals surface area contributed by atoms with Gasteiger partial charge in [-0.3, -0.25) is 0 Å². The van der Waals surface area contributed by atoms with Crippen molar-refractivity contribution >= 4 is 17.2 Å². The van der Waals surface area contributed by atoms with Gasteiger partial charge in [0, 0.05) is 41.5 Å². The first-order valence-corrected chi connectivity index (χ1v) is 14.0. The number of benzene rings is 2. The molecule has 2 aromatic carbocycles. The number of thiazole rings is 1. The van der Waals surface area contributed by atoms with E-state index in [1.165, 1.54) is 4.88 Å². The molecule has 0 bridgehead atoms. The van der Waals surface area contributed by atoms with Gasteiger partial charge in [0.05, 0.1) is 30.2 Å². The van der Waals surface area contributed by atoms with Crippen LogP contribution in [0.2, 0.25) is 0 Å². The van der Waals surface area contributed by atoms with Crippen LogP contribution in [0.3, 0.4) is 0 Å². The standard InChI is InChI=1S/C29H36N6O3S/c1-22-33-28(27(39-22)20-31-14-5-16-35-17-15-32-21-35)23-6-10-25(11-7-23)37-18-3-2-4-19-38-26-12-8-24(9-13-26)29(30)34-36/h6-13,15,17,21,31,36H,2-5,14,16,18-20H2,1H3,(H2,30,34). The van der Waals surface area contributed by atoms with E-state index in [0.29, 0.717) is 18.8 Å². The van der Waals surface area contributed by atoms with Gasteiger partial charge in [0.15, 0.2) is 5.84 Å². The van der Waals surface area contributed by atoms with Crippen molar-refractivity contribution in [2.45, 2.75) is 45.7 Å². The topological polar surface area (TPSA) is 120 Å². The highest BCUT2D eigenvalue weighted by Gasteiger charge is 2.11. The number of rotatable bonds is 16. The minimum Gasteiger partial charge on any atom is -0.494 e. The Balaban J connectivity index is 1.13. The van der Waals surface area contributed by atoms with Gasteiger partial charge in [-0.15, -0.1) is 11.3 Å². The van der Waals surface area contributed by atoms with Crippen molar-refractivity contribution in [1.82, 2.24) is 19.9 Å². The number of hydrogen-bond acceptors (Lipinski definition) is 8. The van der Waals surface area contributed by atoms with Crippen LogP contribution in [0.25, 0.3) is 11.3 Å². The zero-order valence-electron chi connectivity index (χ0n) is 22.3. The molecule has 10 heteroatoms. The van der Waals surface area contributed by atoms with Gasteiger partial charge in [0.25, 0.3) is 0 Å². The van der Waals surface area contributed by atoms with Crippen molar-refractivity contribution in [3.8, 4) is 22.8 Å². The third-order valence-electron chi connectivity index (χ3n) is 6.13. The van der Waals surface area contributed by atoms with Crippen LogP contribution in [0.5, 0.6) is 11.5 Å². The molecule has 0 saturated heterocycles. The maximum Gasteiger partial charge on any atom is 0.170 e. The van der Waals surface area contributed by atoms with Gasteiger partial charge in [-0.1, -0.05) is 5.16 Å². The minimum absolute atomic E-state index is 0.0838. The van der Waals surface area contributed by atoms with Gasteiger partial charge < -0.3 is 30.3 Å². The Bertz CT molecular complexity index is 1290. The first-order chi connectivity index (χ1) is 19.1. The van der Waals surface area contributed by atoms with E-state index < -0.39 is 0 Å². The molecule has 4 N–H and O–H groups in total. The second kappa shape index (κ2) is 14.9. The summed E-state index contributed by atoms with van der Waals surface area (Å²) in [6, 6.07) is 15.4. The molecule has 0 aliphatic heterocycles. The summed E-state index contributed by atoms with van der Waals surface area (Å²) in [6.45, 7) is 6.07. The number of unbranched alkanes of at least 4 members (excludes halogenated alkanes) is 2. The second-order valence-corrected chi connectivity index (χ2v) is 10.4. The van der Waals surface area contributed by atoms with E-state index in [9.17, 15) is 0 Å². The molecule has 39 heavy (non-hydrogen) atoms. The summed E-state index contributed by atoms with van der Waals surface area (Å²) in [5, 5.41) is 16.3. The molecule has 9 nitrogen and oxygen atoms in total. The number of aromatic nitrogens is 3. The number of nitrogens with one attached hydrogen (secondary N) is 1. The Hall–Kier alpha value is -3.89. The molecule has 0 spiro atoms. The quantitative estimate of drug-likeness (QED) is 0.0577. The molecular formula is C29H36N6O3S. The van der Waals surface area contributed by atoms with Crippen LogP contribution in [0.1, 0.15) is 41.1 Å². The minimum atomic E-state index is 0.0838. The van der Waals surface area contributed by atoms with E-state index in [0.717, 1.165) is 73.1 Å². The monoisotopic (exact) mass is 548 g/mol. The van der Waals surface area contributed by atoms with Gasteiger partial charge in [-0.25, -0.2) is 9.97 Å². The van der Waals surface area contributed by atoms with Gasteiger partial charge in [-0.05, 0) is 87.7 Å². The summed E-state index contributed by atoms with van der Waals surface area (Å²) in [5.41, 5.74) is 8.38. The molecule has 4 rings (SSSR count). The molecule has 0 amide bonds. The lowest BCUT2D eigenvalue weighted by atomic mass is 10.1. The summed E-state index contributed by atoms with van der Waals surface area (Å²) < 4.78 is 13.8. The summed E-state index contributed by atoms with van der Waals surface area (Å²) in [4.78, 5) is 10.1. The summed E-state index contributed by atoms with van der Waals surface area (Å²) in [5.74, 6) is 1.72. The molecule has 0 saturated carbocycles. The number of nitrogens with two attached hydrogens (primary N) is 1. The van der Waals surface area contributed by atoms with E-state index in [1.807, 2.05) is 43.0 Å². The van der Waals surface area contributed by atoms with Crippen LogP contribution >= 0.6 is 11.3 Å². The van der Waals surface area contributed by atoms with Gasteiger partial charge >= 0.3 is 0 Å². The molecule has 4 aromatic rings. The van der Waals surface area contributed by atoms with E-state index >= 15 is 0 Å². The lowest BCUT2D eigenvalue weighted by Gasteiger charge is -2.09. The van der Waals surface area contributed by atoms with E-state index in [2.05, 4.69) is 39.1 Å². The average Bonchev–Trinajstić information content (AvgIpc) is 3.62. The van der Waals surface area contributed by atoms with E-state index in [-0.39, 0.29) is 5.84 Å². The molecule has 0 fully saturated rings. The van der Waals surface area contributed by atoms with Crippen LogP contribution in [0, 0.1) is 6.92 Å². The van der Waals surface area contributed by atoms with E-state index in [1.54, 1.807) is 23.5 Å². The lowest BCUT2D eigenvalue weighted by Crippen LogP contribution is -2.16. The number of ether oxygens (including phenoxy) is 2. The maximum absolute atomic E-state index is 8.72. The highest BCUT2D eigenvalue weighted by atomic mass is 32.1. The number of hydrogen-bond donors (Lipinski definition) is 3. The van der Waals surface area contributed by atoms with Gasteiger partial charge in [0.1, 0.15) is 11.5 Å². The van der Waals surface area contributed by atoms with Crippen molar-refractivity contribution in [3.05, 3.63) is 82.7 Å². The molecule has 2 heterocycles. The molecule has 0 atom stereocenters. The predicted octanol–water partition coefficient (Wildman–Crippen LogP) is 5.22. The van der Waals surface area contributed by atoms with Gasteiger partial charge in [-0.2, -0.15) is 0 Å². The normalized spacial score (nSPS) is 11.6. The smallest absolute Gasteiger partial charge is 0.170 e. The summed E-state index contributed by atoms with van der Waals surface area (Å²) in [7, 11) is 0. The van der Waals surface area contributed by atoms with Crippen LogP contribution in [0.4, 0.5) is 0 Å². The number of amidine groups is 1. The third kappa shape index (κ3) is 8.83. The molecule has 2 aromatic heterocycles. The highest BCUT2D eigenvalue weighted by molar-refractivity contribution is 7.12. The van der Waals surface area contributed by atoms with Crippen molar-refractivity contribution in [3.63, 3.8) is 0 Å². The largest absolute Gasteiger partial charge is 0.494 e. The van der Waals surface area contributed by atoms with Crippen LogP contribution in [-0.2, 0) is 13.1 Å². The highest BCUT2D eigenvalue weighted by Crippen LogP contribution is 2.29. The Morgan fingerprint density at radius 3 is 2.33 bits per heavy atom. The molecule has 0 radical (unpaired) electrons. The number of nitrogens with zero attached hydrogens (tertiary/aromatic N) is 4. The third-order valence-corrected chi connectivity index (χ3v) is 7.10. The fraction of sp³-hybridized carbons (Fsp3) is 0.345. The summed E-state index contributed by atoms with van der Waals surface area (Å²) in [6.07, 6.45) is 9.61. The molecule has 0 aliphatic rings. The van der Waals surface area contributed by atoms with Crippen molar-refractivity contribution in [2.24, 2.45) is 10.9 Å². The number of imidazole rings is 1. The van der Waals surface area contributed by atoms with Gasteiger partial charge in [0.2, 0.25) is 0 Å². The van der Waals surface area contributed by atoms with Crippen molar-refractivity contribution in [2.75, 3.05) is 19.8 Å². The molecular weight excluding hydrogens is 512 g/mol. The molecule has 206 valence electrons. The Kier molecular flexibility index (Phi) is 10.7. The first-order valence-electron chi connectivity index (χ1n) is 13.2. The zero-order valence-corrected chi connectivity index (χ0v) is 23.1. The van der Waals surface area contributed by atoms with Crippen molar-refractivity contribution < 1.29 is 14.7 Å². The number of oxime groups is 1. The second-order valence-electron chi connectivity index (χ2n) is 9.13.